The van der Waals surface area contributed by atoms with Gasteiger partial charge in [-0.3, -0.25) is 4.90 Å². The van der Waals surface area contributed by atoms with Crippen molar-refractivity contribution in [1.82, 2.24) is 4.90 Å². The van der Waals surface area contributed by atoms with E-state index in [4.69, 9.17) is 17.3 Å². The van der Waals surface area contributed by atoms with E-state index >= 15 is 0 Å². The number of hydrogen-bond acceptors (Lipinski definition) is 2. The average molecular weight is 332 g/mol. The van der Waals surface area contributed by atoms with Crippen LogP contribution in [0.4, 0.5) is 0 Å². The van der Waals surface area contributed by atoms with Crippen molar-refractivity contribution in [3.05, 3.63) is 33.3 Å². The van der Waals surface area contributed by atoms with Crippen molar-refractivity contribution >= 4 is 27.5 Å². The Morgan fingerprint density at radius 2 is 2.28 bits per heavy atom. The molecular formula is C14H20BrClN2. The first-order valence-corrected chi connectivity index (χ1v) is 7.65. The second-order valence-corrected chi connectivity index (χ2v) is 6.55. The first-order chi connectivity index (χ1) is 8.60. The molecule has 1 aliphatic heterocycles. The van der Waals surface area contributed by atoms with Gasteiger partial charge in [0.15, 0.2) is 0 Å². The molecular weight excluding hydrogens is 312 g/mol. The maximum atomic E-state index is 6.28. The minimum Gasteiger partial charge on any atom is -0.329 e. The molecule has 2 atom stereocenters. The summed E-state index contributed by atoms with van der Waals surface area (Å²) in [6.45, 7) is 5.07. The van der Waals surface area contributed by atoms with Crippen LogP contribution in [0.15, 0.2) is 22.7 Å². The van der Waals surface area contributed by atoms with E-state index in [1.165, 1.54) is 18.4 Å². The van der Waals surface area contributed by atoms with Gasteiger partial charge in [0.1, 0.15) is 0 Å². The molecule has 0 aromatic heterocycles. The number of likely N-dealkylation sites (tertiary alicyclic amines) is 1. The van der Waals surface area contributed by atoms with Gasteiger partial charge in [0.2, 0.25) is 0 Å². The predicted molar refractivity (Wildman–Crippen MR) is 80.8 cm³/mol. The summed E-state index contributed by atoms with van der Waals surface area (Å²) < 4.78 is 1.03. The zero-order chi connectivity index (χ0) is 13.1. The maximum absolute atomic E-state index is 6.28. The van der Waals surface area contributed by atoms with Crippen molar-refractivity contribution in [3.8, 4) is 0 Å². The molecule has 2 N–H and O–H groups in total. The number of halogens is 2. The van der Waals surface area contributed by atoms with Gasteiger partial charge in [-0.2, -0.15) is 0 Å². The van der Waals surface area contributed by atoms with Crippen molar-refractivity contribution in [2.75, 3.05) is 13.1 Å². The average Bonchev–Trinajstić information content (AvgIpc) is 2.34. The molecule has 1 saturated heterocycles. The number of rotatable bonds is 3. The molecule has 0 bridgehead atoms. The molecule has 2 nitrogen and oxygen atoms in total. The third kappa shape index (κ3) is 3.47. The fourth-order valence-electron chi connectivity index (χ4n) is 2.62. The van der Waals surface area contributed by atoms with Crippen LogP contribution in [0.5, 0.6) is 0 Å². The molecule has 2 unspecified atom stereocenters. The van der Waals surface area contributed by atoms with Crippen LogP contribution in [0.2, 0.25) is 5.02 Å². The summed E-state index contributed by atoms with van der Waals surface area (Å²) in [5.41, 5.74) is 7.08. The van der Waals surface area contributed by atoms with Crippen molar-refractivity contribution in [1.29, 1.82) is 0 Å². The van der Waals surface area contributed by atoms with Crippen LogP contribution in [0.25, 0.3) is 0 Å². The van der Waals surface area contributed by atoms with Crippen LogP contribution in [0.3, 0.4) is 0 Å². The summed E-state index contributed by atoms with van der Waals surface area (Å²) in [4.78, 5) is 2.47. The molecule has 0 radical (unpaired) electrons. The van der Waals surface area contributed by atoms with Gasteiger partial charge in [-0.1, -0.05) is 40.5 Å². The first-order valence-electron chi connectivity index (χ1n) is 6.48. The van der Waals surface area contributed by atoms with Gasteiger partial charge in [-0.05, 0) is 43.0 Å². The van der Waals surface area contributed by atoms with E-state index in [2.05, 4.69) is 33.8 Å². The van der Waals surface area contributed by atoms with Crippen LogP contribution in [-0.2, 0) is 6.54 Å². The van der Waals surface area contributed by atoms with Gasteiger partial charge < -0.3 is 5.73 Å². The summed E-state index contributed by atoms with van der Waals surface area (Å²) in [7, 11) is 0. The van der Waals surface area contributed by atoms with Crippen LogP contribution >= 0.6 is 27.5 Å². The lowest BCUT2D eigenvalue weighted by molar-refractivity contribution is 0.115. The number of nitrogens with two attached hydrogens (primary N) is 1. The number of benzene rings is 1. The Kier molecular flexibility index (Phi) is 5.07. The summed E-state index contributed by atoms with van der Waals surface area (Å²) in [6, 6.07) is 6.60. The van der Waals surface area contributed by atoms with E-state index in [0.717, 1.165) is 35.0 Å². The monoisotopic (exact) mass is 330 g/mol. The third-order valence-corrected chi connectivity index (χ3v) is 4.61. The van der Waals surface area contributed by atoms with Crippen LogP contribution in [0.1, 0.15) is 25.3 Å². The zero-order valence-electron chi connectivity index (χ0n) is 10.7. The Bertz CT molecular complexity index is 411. The molecule has 1 fully saturated rings. The van der Waals surface area contributed by atoms with E-state index in [9.17, 15) is 0 Å². The lowest BCUT2D eigenvalue weighted by Gasteiger charge is -2.38. The molecule has 0 aliphatic carbocycles. The van der Waals surface area contributed by atoms with E-state index in [0.29, 0.717) is 6.04 Å². The SMILES string of the molecule is CC1CCN(Cc2ccc(Br)cc2Cl)C(CN)C1. The van der Waals surface area contributed by atoms with Crippen molar-refractivity contribution in [2.45, 2.75) is 32.4 Å². The summed E-state index contributed by atoms with van der Waals surface area (Å²) in [5.74, 6) is 0.787. The highest BCUT2D eigenvalue weighted by Gasteiger charge is 2.25. The minimum absolute atomic E-state index is 0.494. The van der Waals surface area contributed by atoms with Crippen LogP contribution in [-0.4, -0.2) is 24.0 Å². The summed E-state index contributed by atoms with van der Waals surface area (Å²) >= 11 is 9.72. The highest BCUT2D eigenvalue weighted by molar-refractivity contribution is 9.10. The Morgan fingerprint density at radius 3 is 2.94 bits per heavy atom. The predicted octanol–water partition coefficient (Wildman–Crippen LogP) is 3.66. The lowest BCUT2D eigenvalue weighted by Crippen LogP contribution is -2.45. The van der Waals surface area contributed by atoms with E-state index in [1.807, 2.05) is 12.1 Å². The van der Waals surface area contributed by atoms with Gasteiger partial charge >= 0.3 is 0 Å². The van der Waals surface area contributed by atoms with Crippen molar-refractivity contribution < 1.29 is 0 Å². The summed E-state index contributed by atoms with van der Waals surface area (Å²) in [5, 5.41) is 0.832. The molecule has 1 aromatic carbocycles. The highest BCUT2D eigenvalue weighted by atomic mass is 79.9. The molecule has 100 valence electrons. The molecule has 0 spiro atoms. The molecule has 0 saturated carbocycles. The molecule has 1 heterocycles. The fraction of sp³-hybridized carbons (Fsp3) is 0.571. The Labute approximate surface area is 123 Å². The largest absolute Gasteiger partial charge is 0.329 e. The lowest BCUT2D eigenvalue weighted by atomic mass is 9.92. The second kappa shape index (κ2) is 6.38. The van der Waals surface area contributed by atoms with Gasteiger partial charge in [-0.25, -0.2) is 0 Å². The molecule has 1 aliphatic rings. The van der Waals surface area contributed by atoms with Crippen LogP contribution < -0.4 is 5.73 Å². The molecule has 2 rings (SSSR count). The number of hydrogen-bond donors (Lipinski definition) is 1. The molecule has 18 heavy (non-hydrogen) atoms. The van der Waals surface area contributed by atoms with Crippen LogP contribution in [0, 0.1) is 5.92 Å². The second-order valence-electron chi connectivity index (χ2n) is 5.23. The smallest absolute Gasteiger partial charge is 0.0462 e. The van der Waals surface area contributed by atoms with Gasteiger partial charge in [0.05, 0.1) is 0 Å². The quantitative estimate of drug-likeness (QED) is 0.916. The standard InChI is InChI=1S/C14H20BrClN2/c1-10-4-5-18(13(6-10)8-17)9-11-2-3-12(15)7-14(11)16/h2-3,7,10,13H,4-6,8-9,17H2,1H3. The topological polar surface area (TPSA) is 29.3 Å². The Balaban J connectivity index is 2.07. The summed E-state index contributed by atoms with van der Waals surface area (Å²) in [6.07, 6.45) is 2.45. The first kappa shape index (κ1) is 14.3. The van der Waals surface area contributed by atoms with E-state index in [-0.39, 0.29) is 0 Å². The minimum atomic E-state index is 0.494. The number of piperidine rings is 1. The van der Waals surface area contributed by atoms with Gasteiger partial charge in [-0.15, -0.1) is 0 Å². The van der Waals surface area contributed by atoms with Crippen molar-refractivity contribution in [3.63, 3.8) is 0 Å². The fourth-order valence-corrected chi connectivity index (χ4v) is 3.36. The Morgan fingerprint density at radius 1 is 1.50 bits per heavy atom. The molecule has 0 amide bonds. The van der Waals surface area contributed by atoms with Gasteiger partial charge in [0.25, 0.3) is 0 Å². The molecule has 1 aromatic rings. The zero-order valence-corrected chi connectivity index (χ0v) is 13.0. The highest BCUT2D eigenvalue weighted by Crippen LogP contribution is 2.27. The maximum Gasteiger partial charge on any atom is 0.0462 e. The Hall–Kier alpha value is -0.0900. The van der Waals surface area contributed by atoms with Crippen molar-refractivity contribution in [2.24, 2.45) is 11.7 Å². The number of nitrogens with zero attached hydrogens (tertiary/aromatic N) is 1. The van der Waals surface area contributed by atoms with Gasteiger partial charge in [0, 0.05) is 28.6 Å². The van der Waals surface area contributed by atoms with E-state index in [1.54, 1.807) is 0 Å². The van der Waals surface area contributed by atoms with E-state index < -0.39 is 0 Å². The third-order valence-electron chi connectivity index (χ3n) is 3.76. The molecule has 4 heteroatoms. The normalized spacial score (nSPS) is 25.3.